The molecular formula is C9H9NO4S. The van der Waals surface area contributed by atoms with Gasteiger partial charge in [0.2, 0.25) is 0 Å². The summed E-state index contributed by atoms with van der Waals surface area (Å²) in [6.07, 6.45) is 1.71. The van der Waals surface area contributed by atoms with Crippen molar-refractivity contribution in [1.82, 2.24) is 0 Å². The largest absolute Gasteiger partial charge is 0.481 e. The Bertz CT molecular complexity index is 422. The van der Waals surface area contributed by atoms with E-state index in [1.807, 2.05) is 0 Å². The van der Waals surface area contributed by atoms with Gasteiger partial charge >= 0.3 is 11.0 Å². The monoisotopic (exact) mass is 227 g/mol. The lowest BCUT2D eigenvalue weighted by atomic mass is 10.0. The number of hydrogen-bond donors (Lipinski definition) is 1. The predicted molar refractivity (Wildman–Crippen MR) is 54.1 cm³/mol. The predicted octanol–water partition coefficient (Wildman–Crippen LogP) is 2.16. The Morgan fingerprint density at radius 3 is 2.67 bits per heavy atom. The van der Waals surface area contributed by atoms with E-state index in [0.29, 0.717) is 0 Å². The molecule has 0 amide bonds. The SMILES string of the molecule is O=C(O)CC1(c2ccc([N+](=O)[O-])s2)CC1. The van der Waals surface area contributed by atoms with Crippen LogP contribution < -0.4 is 0 Å². The normalized spacial score (nSPS) is 17.3. The van der Waals surface area contributed by atoms with Crippen LogP contribution in [0, 0.1) is 10.1 Å². The van der Waals surface area contributed by atoms with Crippen molar-refractivity contribution in [2.45, 2.75) is 24.7 Å². The number of hydrogen-bond acceptors (Lipinski definition) is 4. The molecule has 1 aromatic heterocycles. The fraction of sp³-hybridized carbons (Fsp3) is 0.444. The minimum atomic E-state index is -0.844. The molecule has 1 heterocycles. The summed E-state index contributed by atoms with van der Waals surface area (Å²) in [6, 6.07) is 3.13. The second kappa shape index (κ2) is 3.30. The second-order valence-electron chi connectivity index (χ2n) is 3.75. The van der Waals surface area contributed by atoms with E-state index in [-0.39, 0.29) is 16.8 Å². The zero-order valence-corrected chi connectivity index (χ0v) is 8.62. The van der Waals surface area contributed by atoms with Crippen LogP contribution in [0.25, 0.3) is 0 Å². The van der Waals surface area contributed by atoms with Crippen LogP contribution >= 0.6 is 11.3 Å². The average molecular weight is 227 g/mol. The zero-order chi connectivity index (χ0) is 11.1. The van der Waals surface area contributed by atoms with E-state index in [1.54, 1.807) is 6.07 Å². The van der Waals surface area contributed by atoms with Crippen molar-refractivity contribution >= 4 is 22.3 Å². The number of carbonyl (C=O) groups is 1. The molecule has 0 aromatic carbocycles. The molecule has 1 aliphatic carbocycles. The number of carboxylic acid groups (broad SMARTS) is 1. The van der Waals surface area contributed by atoms with Crippen LogP contribution in [0.3, 0.4) is 0 Å². The molecule has 1 fully saturated rings. The molecule has 80 valence electrons. The third-order valence-corrected chi connectivity index (χ3v) is 3.92. The average Bonchev–Trinajstić information content (AvgIpc) is 2.75. The summed E-state index contributed by atoms with van der Waals surface area (Å²) in [5.41, 5.74) is -0.315. The van der Waals surface area contributed by atoms with E-state index < -0.39 is 10.9 Å². The third kappa shape index (κ3) is 1.85. The number of nitrogens with zero attached hydrogens (tertiary/aromatic N) is 1. The number of rotatable bonds is 4. The van der Waals surface area contributed by atoms with E-state index in [2.05, 4.69) is 0 Å². The van der Waals surface area contributed by atoms with Crippen molar-refractivity contribution in [2.75, 3.05) is 0 Å². The molecule has 0 aliphatic heterocycles. The first-order valence-corrected chi connectivity index (χ1v) is 5.32. The highest BCUT2D eigenvalue weighted by molar-refractivity contribution is 7.15. The summed E-state index contributed by atoms with van der Waals surface area (Å²) in [5, 5.41) is 19.3. The Labute approximate surface area is 89.5 Å². The zero-order valence-electron chi connectivity index (χ0n) is 7.80. The molecule has 5 nitrogen and oxygen atoms in total. The van der Waals surface area contributed by atoms with E-state index in [0.717, 1.165) is 29.1 Å². The lowest BCUT2D eigenvalue weighted by Gasteiger charge is -2.08. The van der Waals surface area contributed by atoms with Gasteiger partial charge in [0.15, 0.2) is 0 Å². The van der Waals surface area contributed by atoms with Crippen molar-refractivity contribution in [2.24, 2.45) is 0 Å². The van der Waals surface area contributed by atoms with Gasteiger partial charge in [0.1, 0.15) is 0 Å². The summed E-state index contributed by atoms with van der Waals surface area (Å²) < 4.78 is 0. The Morgan fingerprint density at radius 2 is 2.27 bits per heavy atom. The van der Waals surface area contributed by atoms with Crippen LogP contribution in [-0.4, -0.2) is 16.0 Å². The molecule has 0 atom stereocenters. The van der Waals surface area contributed by atoms with Gasteiger partial charge in [-0.15, -0.1) is 0 Å². The maximum absolute atomic E-state index is 10.6. The minimum absolute atomic E-state index is 0.0741. The van der Waals surface area contributed by atoms with Gasteiger partial charge in [-0.05, 0) is 18.9 Å². The minimum Gasteiger partial charge on any atom is -0.481 e. The van der Waals surface area contributed by atoms with Gasteiger partial charge in [0.05, 0.1) is 11.3 Å². The summed E-state index contributed by atoms with van der Waals surface area (Å²) in [5.74, 6) is -0.844. The second-order valence-corrected chi connectivity index (χ2v) is 4.81. The molecule has 2 rings (SSSR count). The molecule has 0 radical (unpaired) electrons. The first-order valence-electron chi connectivity index (χ1n) is 4.50. The summed E-state index contributed by atoms with van der Waals surface area (Å²) in [7, 11) is 0. The van der Waals surface area contributed by atoms with Crippen LogP contribution in [0.15, 0.2) is 12.1 Å². The molecule has 6 heteroatoms. The molecule has 1 N–H and O–H groups in total. The summed E-state index contributed by atoms with van der Waals surface area (Å²) in [4.78, 5) is 21.5. The molecule has 0 saturated heterocycles. The lowest BCUT2D eigenvalue weighted by molar-refractivity contribution is -0.380. The van der Waals surface area contributed by atoms with Crippen molar-refractivity contribution in [3.63, 3.8) is 0 Å². The quantitative estimate of drug-likeness (QED) is 0.631. The first-order chi connectivity index (χ1) is 7.03. The van der Waals surface area contributed by atoms with Crippen LogP contribution in [0.1, 0.15) is 24.1 Å². The van der Waals surface area contributed by atoms with Gasteiger partial charge in [-0.1, -0.05) is 11.3 Å². The standard InChI is InChI=1S/C9H9NO4S/c11-8(12)5-9(3-4-9)6-1-2-7(15-6)10(13)14/h1-2H,3-5H2,(H,11,12). The number of aliphatic carboxylic acids is 1. The van der Waals surface area contributed by atoms with Crippen LogP contribution in [0.4, 0.5) is 5.00 Å². The number of carboxylic acids is 1. The van der Waals surface area contributed by atoms with Gasteiger partial charge in [0, 0.05) is 16.4 Å². The highest BCUT2D eigenvalue weighted by Gasteiger charge is 2.47. The van der Waals surface area contributed by atoms with Crippen LogP contribution in [0.5, 0.6) is 0 Å². The molecule has 0 spiro atoms. The Hall–Kier alpha value is -1.43. The fourth-order valence-corrected chi connectivity index (χ4v) is 2.73. The smallest absolute Gasteiger partial charge is 0.324 e. The van der Waals surface area contributed by atoms with E-state index in [4.69, 9.17) is 5.11 Å². The molecule has 1 aliphatic rings. The summed E-state index contributed by atoms with van der Waals surface area (Å²) in [6.45, 7) is 0. The van der Waals surface area contributed by atoms with Crippen molar-refractivity contribution in [3.8, 4) is 0 Å². The molecule has 1 saturated carbocycles. The van der Waals surface area contributed by atoms with Gasteiger partial charge in [-0.25, -0.2) is 0 Å². The van der Waals surface area contributed by atoms with Gasteiger partial charge in [0.25, 0.3) is 0 Å². The van der Waals surface area contributed by atoms with Crippen LogP contribution in [0.2, 0.25) is 0 Å². The van der Waals surface area contributed by atoms with E-state index in [9.17, 15) is 14.9 Å². The van der Waals surface area contributed by atoms with E-state index in [1.165, 1.54) is 6.07 Å². The maximum Gasteiger partial charge on any atom is 0.324 e. The van der Waals surface area contributed by atoms with Crippen molar-refractivity contribution in [3.05, 3.63) is 27.1 Å². The Morgan fingerprint density at radius 1 is 1.60 bits per heavy atom. The van der Waals surface area contributed by atoms with Gasteiger partial charge in [-0.2, -0.15) is 0 Å². The van der Waals surface area contributed by atoms with E-state index >= 15 is 0 Å². The Balaban J connectivity index is 2.22. The third-order valence-electron chi connectivity index (χ3n) is 2.64. The van der Waals surface area contributed by atoms with Crippen molar-refractivity contribution < 1.29 is 14.8 Å². The Kier molecular flexibility index (Phi) is 2.22. The molecular weight excluding hydrogens is 218 g/mol. The van der Waals surface area contributed by atoms with Crippen LogP contribution in [-0.2, 0) is 10.2 Å². The van der Waals surface area contributed by atoms with Gasteiger partial charge in [-0.3, -0.25) is 14.9 Å². The fourth-order valence-electron chi connectivity index (χ4n) is 1.66. The molecule has 0 unspecified atom stereocenters. The molecule has 1 aromatic rings. The highest BCUT2D eigenvalue weighted by atomic mass is 32.1. The molecule has 0 bridgehead atoms. The highest BCUT2D eigenvalue weighted by Crippen LogP contribution is 2.53. The number of nitro groups is 1. The lowest BCUT2D eigenvalue weighted by Crippen LogP contribution is -2.10. The molecule has 15 heavy (non-hydrogen) atoms. The van der Waals surface area contributed by atoms with Crippen molar-refractivity contribution in [1.29, 1.82) is 0 Å². The first kappa shape index (κ1) is 10.1. The summed E-state index contributed by atoms with van der Waals surface area (Å²) >= 11 is 1.09. The maximum atomic E-state index is 10.6. The topological polar surface area (TPSA) is 80.4 Å². The van der Waals surface area contributed by atoms with Gasteiger partial charge < -0.3 is 5.11 Å². The number of thiophene rings is 1.